The number of rotatable bonds is 0. The Hall–Kier alpha value is -7.88. The number of benzene rings is 8. The molecule has 0 saturated carbocycles. The van der Waals surface area contributed by atoms with Crippen LogP contribution in [0.4, 0.5) is 0 Å². The lowest BCUT2D eigenvalue weighted by atomic mass is 9.79. The Morgan fingerprint density at radius 3 is 0.739 bits per heavy atom. The van der Waals surface area contributed by atoms with Crippen LogP contribution in [0.5, 0.6) is 34.5 Å². The molecule has 0 radical (unpaired) electrons. The van der Waals surface area contributed by atoms with Crippen LogP contribution < -0.4 is 9.47 Å². The summed E-state index contributed by atoms with van der Waals surface area (Å²) in [5.41, 5.74) is 17.4. The van der Waals surface area contributed by atoms with Crippen LogP contribution >= 0.6 is 0 Å². The Morgan fingerprint density at radius 2 is 0.500 bits per heavy atom. The molecule has 0 atom stereocenters. The predicted octanol–water partition coefficient (Wildman–Crippen LogP) is 19.0. The van der Waals surface area contributed by atoms with Crippen molar-refractivity contribution in [1.29, 1.82) is 0 Å². The van der Waals surface area contributed by atoms with Gasteiger partial charge >= 0.3 is 0 Å². The van der Waals surface area contributed by atoms with E-state index in [0.29, 0.717) is 37.2 Å². The molecule has 458 valence electrons. The molecule has 0 aliphatic carbocycles. The zero-order chi connectivity index (χ0) is 63.8. The summed E-state index contributed by atoms with van der Waals surface area (Å²) in [4.78, 5) is 0. The van der Waals surface area contributed by atoms with Crippen LogP contribution in [0.15, 0.2) is 121 Å². The normalized spacial score (nSPS) is 14.2. The van der Waals surface area contributed by atoms with Gasteiger partial charge in [0, 0.05) is 60.8 Å². The molecule has 0 fully saturated rings. The van der Waals surface area contributed by atoms with Gasteiger partial charge in [0.05, 0.1) is 0 Å². The monoisotopic (exact) mass is 1170 g/mol. The van der Waals surface area contributed by atoms with Gasteiger partial charge in [-0.1, -0.05) is 246 Å². The Kier molecular flexibility index (Phi) is 16.7. The van der Waals surface area contributed by atoms with Crippen molar-refractivity contribution in [3.05, 3.63) is 244 Å². The van der Waals surface area contributed by atoms with Crippen LogP contribution in [0.1, 0.15) is 247 Å². The van der Waals surface area contributed by atoms with Gasteiger partial charge < -0.3 is 29.9 Å². The minimum atomic E-state index is -0.319. The van der Waals surface area contributed by atoms with Crippen molar-refractivity contribution < 1.29 is 29.9 Å². The lowest BCUT2D eigenvalue weighted by Gasteiger charge is -2.28. The third-order valence-electron chi connectivity index (χ3n) is 18.1. The molecule has 4 N–H and O–H groups in total. The highest BCUT2D eigenvalue weighted by atomic mass is 16.5. The van der Waals surface area contributed by atoms with Crippen molar-refractivity contribution in [3.63, 3.8) is 0 Å². The Morgan fingerprint density at radius 1 is 0.273 bits per heavy atom. The summed E-state index contributed by atoms with van der Waals surface area (Å²) < 4.78 is 15.0. The van der Waals surface area contributed by atoms with Crippen LogP contribution in [0, 0.1) is 11.8 Å². The van der Waals surface area contributed by atoms with E-state index in [2.05, 4.69) is 227 Å². The summed E-state index contributed by atoms with van der Waals surface area (Å²) in [6.45, 7) is 40.1. The molecule has 2 aliphatic heterocycles. The molecular formula is C82H94O6. The molecule has 0 aromatic heterocycles. The molecule has 10 rings (SSSR count). The summed E-state index contributed by atoms with van der Waals surface area (Å²) in [6.07, 6.45) is 1.84. The van der Waals surface area contributed by atoms with Crippen molar-refractivity contribution in [2.45, 2.75) is 209 Å². The maximum atomic E-state index is 13.0. The number of hydrogen-bond acceptors (Lipinski definition) is 6. The molecule has 2 aliphatic rings. The van der Waals surface area contributed by atoms with Gasteiger partial charge in [0.2, 0.25) is 0 Å². The van der Waals surface area contributed by atoms with Gasteiger partial charge in [-0.2, -0.15) is 0 Å². The van der Waals surface area contributed by atoms with Crippen LogP contribution in [-0.4, -0.2) is 20.4 Å². The molecule has 6 heteroatoms. The first-order chi connectivity index (χ1) is 41.0. The number of fused-ring (bicyclic) bond motifs is 10. The average Bonchev–Trinajstić information content (AvgIpc) is 2.03. The van der Waals surface area contributed by atoms with Crippen LogP contribution in [0.25, 0.3) is 0 Å². The molecule has 88 heavy (non-hydrogen) atoms. The first kappa shape index (κ1) is 63.1. The number of phenols is 4. The van der Waals surface area contributed by atoms with Gasteiger partial charge in [0.15, 0.2) is 0 Å². The summed E-state index contributed by atoms with van der Waals surface area (Å²) >= 11 is 0. The standard InChI is InChI=1S/C82H94O6/c1-77(2,3)64-35-52-29-53-36-65(78(4,5)6)40-57(72(53)84)32-62-45-69(82(16,17)18)46-63-34-59-42-67(80(10,11)12)38-55(74(59)86)30-54-37-66(79(7,8)9)41-58(73(54)85)33-61-44-68(81(13,14)15)43-60(31-56(39-64)71(52)83)75(61)87-47-50-25-22-26-51(48-88-76(62)63)70(50)28-27-49-23-20-19-21-24-49/h19-26,35-46,83-86H,29-34,47-48H2,1-18H3. The van der Waals surface area contributed by atoms with E-state index in [0.717, 1.165) is 122 Å². The molecule has 2 heterocycles. The molecule has 0 spiro atoms. The topological polar surface area (TPSA) is 99.4 Å². The van der Waals surface area contributed by atoms with Gasteiger partial charge in [0.1, 0.15) is 47.7 Å². The Bertz CT molecular complexity index is 3640. The molecule has 0 saturated heterocycles. The van der Waals surface area contributed by atoms with E-state index >= 15 is 0 Å². The zero-order valence-electron chi connectivity index (χ0n) is 55.8. The predicted molar refractivity (Wildman–Crippen MR) is 362 cm³/mol. The molecule has 12 bridgehead atoms. The highest BCUT2D eigenvalue weighted by Crippen LogP contribution is 2.46. The maximum absolute atomic E-state index is 13.0. The summed E-state index contributed by atoms with van der Waals surface area (Å²) in [6, 6.07) is 42.4. The Labute approximate surface area is 526 Å². The van der Waals surface area contributed by atoms with Crippen molar-refractivity contribution in [1.82, 2.24) is 0 Å². The van der Waals surface area contributed by atoms with Crippen molar-refractivity contribution in [2.75, 3.05) is 0 Å². The summed E-state index contributed by atoms with van der Waals surface area (Å²) in [5, 5.41) is 52.2. The lowest BCUT2D eigenvalue weighted by Crippen LogP contribution is -2.16. The molecule has 6 nitrogen and oxygen atoms in total. The van der Waals surface area contributed by atoms with E-state index in [9.17, 15) is 20.4 Å². The second-order valence-electron chi connectivity index (χ2n) is 31.5. The molecule has 0 unspecified atom stereocenters. The largest absolute Gasteiger partial charge is 0.507 e. The molecule has 8 aromatic carbocycles. The van der Waals surface area contributed by atoms with Crippen molar-refractivity contribution in [2.24, 2.45) is 0 Å². The van der Waals surface area contributed by atoms with E-state index in [4.69, 9.17) is 9.47 Å². The number of phenolic OH excluding ortho intramolecular Hbond substituents is 4. The first-order valence-electron chi connectivity index (χ1n) is 31.7. The minimum Gasteiger partial charge on any atom is -0.507 e. The highest BCUT2D eigenvalue weighted by Gasteiger charge is 2.31. The fraction of sp³-hybridized carbons (Fsp3) is 0.390. The highest BCUT2D eigenvalue weighted by molar-refractivity contribution is 5.62. The van der Waals surface area contributed by atoms with E-state index in [1.165, 1.54) is 0 Å². The number of hydrogen-bond donors (Lipinski definition) is 4. The van der Waals surface area contributed by atoms with Crippen LogP contribution in [0.2, 0.25) is 0 Å². The van der Waals surface area contributed by atoms with Crippen molar-refractivity contribution >= 4 is 0 Å². The molecule has 8 aromatic rings. The fourth-order valence-electron chi connectivity index (χ4n) is 12.4. The molecular weight excluding hydrogens is 1080 g/mol. The number of aromatic hydroxyl groups is 4. The third kappa shape index (κ3) is 13.6. The van der Waals surface area contributed by atoms with Gasteiger partial charge in [-0.05, 0) is 145 Å². The summed E-state index contributed by atoms with van der Waals surface area (Å²) in [7, 11) is 0. The van der Waals surface area contributed by atoms with Crippen LogP contribution in [-0.2, 0) is 84.2 Å². The van der Waals surface area contributed by atoms with Gasteiger partial charge in [0.25, 0.3) is 0 Å². The average molecular weight is 1180 g/mol. The SMILES string of the molecule is CC(C)(C)c1cc2c(O)c(c1)Cc1cc(C(C)(C)C)cc3c1OCc1cccc(c1C#Cc1ccccc1)COc1c(cc(C(C)(C)C)cc1Cc1cc(C(C)(C)C)cc(c1O)Cc1cc(C(C)(C)C)cc(c1O)C3)Cc1cc(C(C)(C)C)cc(c1O)C2. The number of ether oxygens (including phenoxy) is 2. The second-order valence-corrected chi connectivity index (χ2v) is 31.5. The second kappa shape index (κ2) is 23.2. The van der Waals surface area contributed by atoms with E-state index in [1.807, 2.05) is 30.3 Å². The van der Waals surface area contributed by atoms with E-state index in [1.54, 1.807) is 0 Å². The van der Waals surface area contributed by atoms with E-state index in [-0.39, 0.29) is 81.5 Å². The maximum Gasteiger partial charge on any atom is 0.126 e. The van der Waals surface area contributed by atoms with E-state index < -0.39 is 0 Å². The Balaban J connectivity index is 1.39. The lowest BCUT2D eigenvalue weighted by molar-refractivity contribution is 0.293. The van der Waals surface area contributed by atoms with Gasteiger partial charge in [-0.3, -0.25) is 0 Å². The van der Waals surface area contributed by atoms with Gasteiger partial charge in [-0.25, -0.2) is 0 Å². The zero-order valence-corrected chi connectivity index (χ0v) is 55.8. The smallest absolute Gasteiger partial charge is 0.126 e. The van der Waals surface area contributed by atoms with Crippen LogP contribution in [0.3, 0.4) is 0 Å². The van der Waals surface area contributed by atoms with Crippen molar-refractivity contribution in [3.8, 4) is 46.3 Å². The first-order valence-corrected chi connectivity index (χ1v) is 31.7. The quantitative estimate of drug-likeness (QED) is 0.113. The minimum absolute atomic E-state index is 0.158. The van der Waals surface area contributed by atoms with Gasteiger partial charge in [-0.15, -0.1) is 0 Å². The molecule has 0 amide bonds. The summed E-state index contributed by atoms with van der Waals surface area (Å²) in [5.74, 6) is 9.19. The third-order valence-corrected chi connectivity index (χ3v) is 18.1. The fourth-order valence-corrected chi connectivity index (χ4v) is 12.4.